The van der Waals surface area contributed by atoms with Crippen molar-refractivity contribution in [1.82, 2.24) is 14.5 Å². The normalized spacial score (nSPS) is 15.5. The van der Waals surface area contributed by atoms with Crippen LogP contribution >= 0.6 is 11.3 Å². The van der Waals surface area contributed by atoms with Gasteiger partial charge in [0.1, 0.15) is 0 Å². The number of aromatic amines is 1. The standard InChI is InChI=1S/C17H16N4O4S/c22-16(14-5-6-15(26-14)21(24)25)19-9-7-11(8-10-19)20-13-4-2-1-3-12(13)18-17(20)23/h1-6,11H,7-10H2,(H,18,23). The third-order valence-corrected chi connectivity index (χ3v) is 5.75. The van der Waals surface area contributed by atoms with Crippen molar-refractivity contribution in [2.75, 3.05) is 13.1 Å². The van der Waals surface area contributed by atoms with E-state index in [9.17, 15) is 19.7 Å². The highest BCUT2D eigenvalue weighted by Crippen LogP contribution is 2.29. The molecule has 8 nitrogen and oxygen atoms in total. The van der Waals surface area contributed by atoms with Crippen LogP contribution in [0.4, 0.5) is 5.00 Å². The van der Waals surface area contributed by atoms with Gasteiger partial charge in [-0.25, -0.2) is 4.79 Å². The molecule has 9 heteroatoms. The number of nitro groups is 1. The predicted octanol–water partition coefficient (Wildman–Crippen LogP) is 2.78. The van der Waals surface area contributed by atoms with Gasteiger partial charge in [0.25, 0.3) is 5.91 Å². The SMILES string of the molecule is O=C(c1ccc([N+](=O)[O-])s1)N1CCC(n2c(=O)[nH]c3ccccc32)CC1. The van der Waals surface area contributed by atoms with E-state index in [-0.39, 0.29) is 22.6 Å². The molecule has 1 N–H and O–H groups in total. The summed E-state index contributed by atoms with van der Waals surface area (Å²) < 4.78 is 1.77. The number of aromatic nitrogens is 2. The van der Waals surface area contributed by atoms with Crippen LogP contribution in [0.2, 0.25) is 0 Å². The largest absolute Gasteiger partial charge is 0.338 e. The Kier molecular flexibility index (Phi) is 4.08. The van der Waals surface area contributed by atoms with Crippen molar-refractivity contribution >= 4 is 33.3 Å². The average Bonchev–Trinajstić information content (AvgIpc) is 3.25. The van der Waals surface area contributed by atoms with E-state index in [0.717, 1.165) is 22.4 Å². The Labute approximate surface area is 151 Å². The monoisotopic (exact) mass is 372 g/mol. The third-order valence-electron chi connectivity index (χ3n) is 4.72. The van der Waals surface area contributed by atoms with Crippen LogP contribution in [0, 0.1) is 10.1 Å². The van der Waals surface area contributed by atoms with E-state index >= 15 is 0 Å². The summed E-state index contributed by atoms with van der Waals surface area (Å²) in [6, 6.07) is 10.4. The van der Waals surface area contributed by atoms with Crippen LogP contribution in [0.3, 0.4) is 0 Å². The molecule has 1 aromatic carbocycles. The summed E-state index contributed by atoms with van der Waals surface area (Å²) in [6.07, 6.45) is 1.34. The molecule has 1 amide bonds. The lowest BCUT2D eigenvalue weighted by molar-refractivity contribution is -0.380. The van der Waals surface area contributed by atoms with Crippen LogP contribution in [0.1, 0.15) is 28.6 Å². The lowest BCUT2D eigenvalue weighted by Gasteiger charge is -2.32. The number of amides is 1. The fourth-order valence-electron chi connectivity index (χ4n) is 3.46. The van der Waals surface area contributed by atoms with Gasteiger partial charge in [0.05, 0.1) is 20.8 Å². The zero-order chi connectivity index (χ0) is 18.3. The van der Waals surface area contributed by atoms with Crippen molar-refractivity contribution in [1.29, 1.82) is 0 Å². The molecule has 2 aromatic heterocycles. The number of para-hydroxylation sites is 2. The molecule has 0 aliphatic carbocycles. The minimum Gasteiger partial charge on any atom is -0.338 e. The highest BCUT2D eigenvalue weighted by Gasteiger charge is 2.28. The van der Waals surface area contributed by atoms with Gasteiger partial charge in [0, 0.05) is 25.2 Å². The minimum absolute atomic E-state index is 0.0281. The molecule has 1 fully saturated rings. The molecular formula is C17H16N4O4S. The second-order valence-electron chi connectivity index (χ2n) is 6.24. The molecule has 0 saturated carbocycles. The van der Waals surface area contributed by atoms with Crippen LogP contribution in [0.5, 0.6) is 0 Å². The summed E-state index contributed by atoms with van der Waals surface area (Å²) in [6.45, 7) is 1.03. The Morgan fingerprint density at radius 1 is 1.19 bits per heavy atom. The zero-order valence-corrected chi connectivity index (χ0v) is 14.6. The molecule has 1 aliphatic heterocycles. The maximum absolute atomic E-state index is 12.5. The molecule has 0 bridgehead atoms. The fourth-order valence-corrected chi connectivity index (χ4v) is 4.25. The number of imidazole rings is 1. The van der Waals surface area contributed by atoms with E-state index in [0.29, 0.717) is 30.8 Å². The van der Waals surface area contributed by atoms with Gasteiger partial charge < -0.3 is 9.88 Å². The molecule has 26 heavy (non-hydrogen) atoms. The zero-order valence-electron chi connectivity index (χ0n) is 13.8. The number of rotatable bonds is 3. The van der Waals surface area contributed by atoms with Gasteiger partial charge in [-0.15, -0.1) is 0 Å². The summed E-state index contributed by atoms with van der Waals surface area (Å²) >= 11 is 0.895. The Hall–Kier alpha value is -2.94. The van der Waals surface area contributed by atoms with E-state index in [2.05, 4.69) is 4.98 Å². The third kappa shape index (κ3) is 2.80. The number of likely N-dealkylation sites (tertiary alicyclic amines) is 1. The molecule has 4 rings (SSSR count). The molecule has 0 radical (unpaired) electrons. The van der Waals surface area contributed by atoms with Gasteiger partial charge in [-0.1, -0.05) is 23.5 Å². The predicted molar refractivity (Wildman–Crippen MR) is 97.7 cm³/mol. The lowest BCUT2D eigenvalue weighted by Crippen LogP contribution is -2.40. The summed E-state index contributed by atoms with van der Waals surface area (Å²) in [4.78, 5) is 40.1. The van der Waals surface area contributed by atoms with Crippen LogP contribution in [0.25, 0.3) is 11.0 Å². The van der Waals surface area contributed by atoms with Crippen LogP contribution in [-0.4, -0.2) is 38.4 Å². The maximum atomic E-state index is 12.5. The first-order chi connectivity index (χ1) is 12.5. The van der Waals surface area contributed by atoms with Gasteiger partial charge in [-0.3, -0.25) is 19.5 Å². The van der Waals surface area contributed by atoms with E-state index in [1.807, 2.05) is 24.3 Å². The van der Waals surface area contributed by atoms with Crippen LogP contribution in [-0.2, 0) is 0 Å². The van der Waals surface area contributed by atoms with Crippen molar-refractivity contribution in [2.24, 2.45) is 0 Å². The maximum Gasteiger partial charge on any atom is 0.326 e. The number of piperidine rings is 1. The second-order valence-corrected chi connectivity index (χ2v) is 7.30. The summed E-state index contributed by atoms with van der Waals surface area (Å²) in [5.41, 5.74) is 1.54. The number of hydrogen-bond donors (Lipinski definition) is 1. The van der Waals surface area contributed by atoms with E-state index in [4.69, 9.17) is 0 Å². The van der Waals surface area contributed by atoms with Gasteiger partial charge >= 0.3 is 10.7 Å². The summed E-state index contributed by atoms with van der Waals surface area (Å²) in [7, 11) is 0. The quantitative estimate of drug-likeness (QED) is 0.564. The first-order valence-corrected chi connectivity index (χ1v) is 9.09. The first-order valence-electron chi connectivity index (χ1n) is 8.27. The van der Waals surface area contributed by atoms with Crippen molar-refractivity contribution in [2.45, 2.75) is 18.9 Å². The topological polar surface area (TPSA) is 101 Å². The minimum atomic E-state index is -0.489. The Morgan fingerprint density at radius 3 is 2.62 bits per heavy atom. The van der Waals surface area contributed by atoms with Gasteiger partial charge in [-0.05, 0) is 31.0 Å². The Balaban J connectivity index is 1.50. The Morgan fingerprint density at radius 2 is 1.92 bits per heavy atom. The highest BCUT2D eigenvalue weighted by molar-refractivity contribution is 7.17. The number of carbonyl (C=O) groups excluding carboxylic acids is 1. The average molecular weight is 372 g/mol. The van der Waals surface area contributed by atoms with Gasteiger partial charge in [-0.2, -0.15) is 0 Å². The molecule has 134 valence electrons. The molecule has 3 heterocycles. The van der Waals surface area contributed by atoms with E-state index in [1.54, 1.807) is 9.47 Å². The highest BCUT2D eigenvalue weighted by atomic mass is 32.1. The molecule has 0 spiro atoms. The smallest absolute Gasteiger partial charge is 0.326 e. The number of thiophene rings is 1. The Bertz CT molecular complexity index is 1040. The lowest BCUT2D eigenvalue weighted by atomic mass is 10.0. The first kappa shape index (κ1) is 16.5. The van der Waals surface area contributed by atoms with Crippen molar-refractivity contribution in [3.8, 4) is 0 Å². The number of H-pyrrole nitrogens is 1. The van der Waals surface area contributed by atoms with Crippen LogP contribution in [0.15, 0.2) is 41.2 Å². The second kappa shape index (κ2) is 6.41. The number of carbonyl (C=O) groups is 1. The van der Waals surface area contributed by atoms with Crippen molar-refractivity contribution in [3.05, 3.63) is 61.9 Å². The molecule has 1 aliphatic rings. The van der Waals surface area contributed by atoms with Gasteiger partial charge in [0.2, 0.25) is 0 Å². The van der Waals surface area contributed by atoms with Crippen molar-refractivity contribution < 1.29 is 9.72 Å². The number of nitrogens with one attached hydrogen (secondary N) is 1. The molecule has 0 unspecified atom stereocenters. The van der Waals surface area contributed by atoms with Gasteiger partial charge in [0.15, 0.2) is 0 Å². The number of benzene rings is 1. The molecular weight excluding hydrogens is 356 g/mol. The summed E-state index contributed by atoms with van der Waals surface area (Å²) in [5, 5.41) is 10.7. The van der Waals surface area contributed by atoms with Crippen molar-refractivity contribution in [3.63, 3.8) is 0 Å². The molecule has 0 atom stereocenters. The fraction of sp³-hybridized carbons (Fsp3) is 0.294. The van der Waals surface area contributed by atoms with E-state index < -0.39 is 4.92 Å². The molecule has 1 saturated heterocycles. The number of nitrogens with zero attached hydrogens (tertiary/aromatic N) is 3. The van der Waals surface area contributed by atoms with Crippen LogP contribution < -0.4 is 5.69 Å². The van der Waals surface area contributed by atoms with E-state index in [1.165, 1.54) is 12.1 Å². The summed E-state index contributed by atoms with van der Waals surface area (Å²) in [5.74, 6) is -0.187. The number of hydrogen-bond acceptors (Lipinski definition) is 5. The molecule has 3 aromatic rings. The number of fused-ring (bicyclic) bond motifs is 1.